The Morgan fingerprint density at radius 1 is 1.44 bits per heavy atom. The molecular weight excluding hydrogens is 207 g/mol. The Morgan fingerprint density at radius 2 is 2.19 bits per heavy atom. The van der Waals surface area contributed by atoms with Crippen molar-refractivity contribution in [3.05, 3.63) is 35.1 Å². The molecule has 0 bridgehead atoms. The third-order valence-electron chi connectivity index (χ3n) is 2.62. The maximum atomic E-state index is 13.9. The van der Waals surface area contributed by atoms with E-state index in [0.717, 1.165) is 5.56 Å². The third kappa shape index (κ3) is 1.56. The molecule has 0 unspecified atom stereocenters. The number of aromatic nitrogens is 1. The van der Waals surface area contributed by atoms with Crippen LogP contribution in [0.15, 0.2) is 22.7 Å². The molecule has 2 rings (SSSR count). The van der Waals surface area contributed by atoms with Crippen LogP contribution in [0.3, 0.4) is 0 Å². The summed E-state index contributed by atoms with van der Waals surface area (Å²) in [6.45, 7) is 3.65. The molecule has 4 heteroatoms. The fourth-order valence-electron chi connectivity index (χ4n) is 1.71. The largest absolute Gasteiger partial charge is 0.367 e. The van der Waals surface area contributed by atoms with Gasteiger partial charge in [-0.25, -0.2) is 4.39 Å². The van der Waals surface area contributed by atoms with E-state index in [1.165, 1.54) is 0 Å². The van der Waals surface area contributed by atoms with Crippen LogP contribution in [0.5, 0.6) is 0 Å². The summed E-state index contributed by atoms with van der Waals surface area (Å²) in [5.41, 5.74) is 7.91. The van der Waals surface area contributed by atoms with Crippen molar-refractivity contribution in [2.45, 2.75) is 20.3 Å². The van der Waals surface area contributed by atoms with Gasteiger partial charge in [-0.15, -0.1) is 0 Å². The Hall–Kier alpha value is -1.84. The molecule has 0 saturated heterocycles. The summed E-state index contributed by atoms with van der Waals surface area (Å²) in [4.78, 5) is 0. The molecule has 0 aliphatic rings. The van der Waals surface area contributed by atoms with Crippen LogP contribution >= 0.6 is 0 Å². The molecule has 0 aliphatic heterocycles. The Balaban J connectivity index is 2.63. The molecule has 0 spiro atoms. The van der Waals surface area contributed by atoms with Crippen LogP contribution < -0.4 is 5.73 Å². The highest BCUT2D eigenvalue weighted by Gasteiger charge is 2.17. The number of anilines is 1. The molecular formula is C12H13FN2O. The van der Waals surface area contributed by atoms with E-state index in [1.807, 2.05) is 6.92 Å². The summed E-state index contributed by atoms with van der Waals surface area (Å²) in [6, 6.07) is 5.19. The lowest BCUT2D eigenvalue weighted by Gasteiger charge is -2.03. The first-order valence-electron chi connectivity index (χ1n) is 5.14. The van der Waals surface area contributed by atoms with Crippen LogP contribution in [0.4, 0.5) is 10.3 Å². The number of benzene rings is 1. The van der Waals surface area contributed by atoms with Crippen LogP contribution in [-0.2, 0) is 6.42 Å². The van der Waals surface area contributed by atoms with Gasteiger partial charge in [0.2, 0.25) is 5.88 Å². The maximum Gasteiger partial charge on any atom is 0.225 e. The third-order valence-corrected chi connectivity index (χ3v) is 2.62. The first-order valence-corrected chi connectivity index (χ1v) is 5.14. The van der Waals surface area contributed by atoms with Crippen molar-refractivity contribution < 1.29 is 8.91 Å². The molecule has 2 aromatic rings. The van der Waals surface area contributed by atoms with E-state index < -0.39 is 0 Å². The summed E-state index contributed by atoms with van der Waals surface area (Å²) in [5, 5.41) is 3.82. The minimum Gasteiger partial charge on any atom is -0.367 e. The monoisotopic (exact) mass is 220 g/mol. The van der Waals surface area contributed by atoms with E-state index in [-0.39, 0.29) is 11.7 Å². The highest BCUT2D eigenvalue weighted by Crippen LogP contribution is 2.30. The molecule has 3 nitrogen and oxygen atoms in total. The van der Waals surface area contributed by atoms with Crippen molar-refractivity contribution in [2.24, 2.45) is 0 Å². The molecule has 0 fully saturated rings. The Labute approximate surface area is 93.1 Å². The zero-order valence-electron chi connectivity index (χ0n) is 9.25. The van der Waals surface area contributed by atoms with E-state index in [1.54, 1.807) is 25.1 Å². The predicted octanol–water partition coefficient (Wildman–Crippen LogP) is 2.93. The first kappa shape index (κ1) is 10.7. The minimum atomic E-state index is -0.273. The Kier molecular flexibility index (Phi) is 2.64. The Morgan fingerprint density at radius 3 is 2.88 bits per heavy atom. The van der Waals surface area contributed by atoms with Gasteiger partial charge in [0.1, 0.15) is 11.5 Å². The second-order valence-electron chi connectivity index (χ2n) is 3.66. The van der Waals surface area contributed by atoms with Crippen molar-refractivity contribution in [2.75, 3.05) is 5.73 Å². The van der Waals surface area contributed by atoms with Crippen molar-refractivity contribution in [3.63, 3.8) is 0 Å². The number of hydrogen-bond acceptors (Lipinski definition) is 3. The second kappa shape index (κ2) is 3.96. The normalized spacial score (nSPS) is 10.7. The van der Waals surface area contributed by atoms with E-state index in [4.69, 9.17) is 10.3 Å². The van der Waals surface area contributed by atoms with Gasteiger partial charge in [-0.05, 0) is 25.0 Å². The average molecular weight is 220 g/mol. The molecule has 0 aliphatic carbocycles. The van der Waals surface area contributed by atoms with Gasteiger partial charge in [0, 0.05) is 11.1 Å². The number of aryl methyl sites for hydroxylation is 1. The number of nitrogens with zero attached hydrogens (tertiary/aromatic N) is 1. The Bertz CT molecular complexity index is 520. The topological polar surface area (TPSA) is 52.0 Å². The van der Waals surface area contributed by atoms with Crippen LogP contribution in [0.25, 0.3) is 11.3 Å². The van der Waals surface area contributed by atoms with Gasteiger partial charge in [-0.3, -0.25) is 0 Å². The van der Waals surface area contributed by atoms with Crippen molar-refractivity contribution in [1.82, 2.24) is 5.16 Å². The number of rotatable bonds is 2. The number of nitrogen functional groups attached to an aromatic ring is 1. The van der Waals surface area contributed by atoms with Gasteiger partial charge >= 0.3 is 0 Å². The molecule has 1 heterocycles. The summed E-state index contributed by atoms with van der Waals surface area (Å²) in [5.74, 6) is -0.0103. The second-order valence-corrected chi connectivity index (χ2v) is 3.66. The van der Waals surface area contributed by atoms with Gasteiger partial charge in [0.05, 0.1) is 0 Å². The number of hydrogen-bond donors (Lipinski definition) is 1. The fraction of sp³-hybridized carbons (Fsp3) is 0.250. The van der Waals surface area contributed by atoms with Crippen molar-refractivity contribution in [3.8, 4) is 11.3 Å². The van der Waals surface area contributed by atoms with Gasteiger partial charge in [0.25, 0.3) is 0 Å². The molecule has 0 radical (unpaired) electrons. The molecule has 16 heavy (non-hydrogen) atoms. The number of nitrogens with two attached hydrogens (primary N) is 1. The lowest BCUT2D eigenvalue weighted by Crippen LogP contribution is -1.93. The molecule has 2 N–H and O–H groups in total. The first-order chi connectivity index (χ1) is 7.65. The quantitative estimate of drug-likeness (QED) is 0.846. The summed E-state index contributed by atoms with van der Waals surface area (Å²) in [7, 11) is 0. The number of halogens is 1. The highest BCUT2D eigenvalue weighted by atomic mass is 19.1. The summed E-state index contributed by atoms with van der Waals surface area (Å²) < 4.78 is 18.8. The summed E-state index contributed by atoms with van der Waals surface area (Å²) >= 11 is 0. The smallest absolute Gasteiger partial charge is 0.225 e. The molecule has 1 aromatic carbocycles. The predicted molar refractivity (Wildman–Crippen MR) is 60.4 cm³/mol. The highest BCUT2D eigenvalue weighted by molar-refractivity contribution is 5.68. The van der Waals surface area contributed by atoms with Crippen LogP contribution in [0, 0.1) is 12.7 Å². The van der Waals surface area contributed by atoms with E-state index in [2.05, 4.69) is 5.16 Å². The van der Waals surface area contributed by atoms with E-state index in [0.29, 0.717) is 23.2 Å². The van der Waals surface area contributed by atoms with E-state index >= 15 is 0 Å². The molecule has 84 valence electrons. The molecule has 0 saturated carbocycles. The van der Waals surface area contributed by atoms with Crippen LogP contribution in [0.1, 0.15) is 18.1 Å². The lowest BCUT2D eigenvalue weighted by molar-refractivity contribution is 0.438. The van der Waals surface area contributed by atoms with Gasteiger partial charge < -0.3 is 10.3 Å². The van der Waals surface area contributed by atoms with Gasteiger partial charge in [0.15, 0.2) is 0 Å². The standard InChI is InChI=1S/C12H13FN2O/c1-3-8-11(15-16-12(8)14)9-6-4-5-7(2)10(9)13/h4-6H,3,14H2,1-2H3. The summed E-state index contributed by atoms with van der Waals surface area (Å²) in [6.07, 6.45) is 0.665. The zero-order chi connectivity index (χ0) is 11.7. The van der Waals surface area contributed by atoms with Crippen LogP contribution in [0.2, 0.25) is 0 Å². The fourth-order valence-corrected chi connectivity index (χ4v) is 1.71. The molecule has 0 amide bonds. The van der Waals surface area contributed by atoms with Gasteiger partial charge in [-0.1, -0.05) is 24.2 Å². The SMILES string of the molecule is CCc1c(-c2cccc(C)c2F)noc1N. The maximum absolute atomic E-state index is 13.9. The van der Waals surface area contributed by atoms with Gasteiger partial charge in [-0.2, -0.15) is 0 Å². The van der Waals surface area contributed by atoms with Crippen molar-refractivity contribution in [1.29, 1.82) is 0 Å². The molecule has 0 atom stereocenters. The lowest BCUT2D eigenvalue weighted by atomic mass is 10.0. The van der Waals surface area contributed by atoms with E-state index in [9.17, 15) is 4.39 Å². The van der Waals surface area contributed by atoms with Crippen LogP contribution in [-0.4, -0.2) is 5.16 Å². The minimum absolute atomic E-state index is 0.262. The molecule has 1 aromatic heterocycles. The average Bonchev–Trinajstić information content (AvgIpc) is 2.63. The zero-order valence-corrected chi connectivity index (χ0v) is 9.25. The van der Waals surface area contributed by atoms with Crippen molar-refractivity contribution >= 4 is 5.88 Å².